The van der Waals surface area contributed by atoms with Gasteiger partial charge < -0.3 is 9.88 Å². The van der Waals surface area contributed by atoms with Crippen LogP contribution >= 0.6 is 11.8 Å². The summed E-state index contributed by atoms with van der Waals surface area (Å²) in [6.07, 6.45) is 2.00. The van der Waals surface area contributed by atoms with Gasteiger partial charge in [-0.15, -0.1) is 0 Å². The number of nitrogens with one attached hydrogen (secondary N) is 1. The van der Waals surface area contributed by atoms with E-state index in [2.05, 4.69) is 10.3 Å². The summed E-state index contributed by atoms with van der Waals surface area (Å²) in [5.41, 5.74) is 2.65. The van der Waals surface area contributed by atoms with Crippen LogP contribution in [0.1, 0.15) is 11.4 Å². The number of hydrogen-bond acceptors (Lipinski definition) is 5. The highest BCUT2D eigenvalue weighted by Crippen LogP contribution is 2.19. The van der Waals surface area contributed by atoms with Gasteiger partial charge in [0.1, 0.15) is 12.4 Å². The fourth-order valence-electron chi connectivity index (χ4n) is 2.68. The van der Waals surface area contributed by atoms with Crippen molar-refractivity contribution in [3.8, 4) is 0 Å². The first-order valence-corrected chi connectivity index (χ1v) is 9.41. The second kappa shape index (κ2) is 8.01. The summed E-state index contributed by atoms with van der Waals surface area (Å²) in [6, 6.07) is 13.9. The van der Waals surface area contributed by atoms with Crippen LogP contribution in [0.5, 0.6) is 0 Å². The quantitative estimate of drug-likeness (QED) is 0.510. The minimum Gasteiger partial charge on any atom is -0.350 e. The number of imidazole rings is 1. The van der Waals surface area contributed by atoms with E-state index in [0.29, 0.717) is 6.54 Å². The third-order valence-electron chi connectivity index (χ3n) is 3.95. The fourth-order valence-corrected chi connectivity index (χ4v) is 3.16. The number of fused-ring (bicyclic) bond motifs is 1. The SMILES string of the molecule is CSCc1nc2ccccc2n1CC(=O)NCc1ccc([N+](=O)[O-])cc1. The Hall–Kier alpha value is -2.87. The zero-order chi connectivity index (χ0) is 18.5. The Morgan fingerprint density at radius 1 is 1.23 bits per heavy atom. The molecule has 0 radical (unpaired) electrons. The lowest BCUT2D eigenvalue weighted by molar-refractivity contribution is -0.384. The van der Waals surface area contributed by atoms with Gasteiger partial charge in [0.25, 0.3) is 5.69 Å². The molecule has 1 aromatic heterocycles. The van der Waals surface area contributed by atoms with Gasteiger partial charge in [-0.05, 0) is 24.0 Å². The molecule has 0 spiro atoms. The topological polar surface area (TPSA) is 90.1 Å². The molecule has 1 amide bonds. The number of thioether (sulfide) groups is 1. The van der Waals surface area contributed by atoms with Gasteiger partial charge in [0.15, 0.2) is 0 Å². The number of rotatable bonds is 7. The van der Waals surface area contributed by atoms with Crippen molar-refractivity contribution in [1.82, 2.24) is 14.9 Å². The average Bonchev–Trinajstić information content (AvgIpc) is 2.98. The minimum atomic E-state index is -0.445. The van der Waals surface area contributed by atoms with E-state index in [1.807, 2.05) is 35.1 Å². The number of hydrogen-bond donors (Lipinski definition) is 1. The monoisotopic (exact) mass is 370 g/mol. The molecule has 134 valence electrons. The molecule has 3 aromatic rings. The lowest BCUT2D eigenvalue weighted by Crippen LogP contribution is -2.27. The number of carbonyl (C=O) groups excluding carboxylic acids is 1. The van der Waals surface area contributed by atoms with E-state index in [-0.39, 0.29) is 18.1 Å². The van der Waals surface area contributed by atoms with E-state index in [1.54, 1.807) is 23.9 Å². The second-order valence-electron chi connectivity index (χ2n) is 5.74. The molecule has 0 aliphatic rings. The molecule has 8 heteroatoms. The van der Waals surface area contributed by atoms with Crippen LogP contribution in [0.15, 0.2) is 48.5 Å². The molecule has 1 N–H and O–H groups in total. The number of aromatic nitrogens is 2. The molecule has 0 fully saturated rings. The fraction of sp³-hybridized carbons (Fsp3) is 0.222. The minimum absolute atomic E-state index is 0.0340. The molecule has 1 heterocycles. The third kappa shape index (κ3) is 4.02. The van der Waals surface area contributed by atoms with Crippen molar-refractivity contribution in [1.29, 1.82) is 0 Å². The molecule has 0 aliphatic carbocycles. The van der Waals surface area contributed by atoms with E-state index < -0.39 is 4.92 Å². The molecule has 0 unspecified atom stereocenters. The number of nitrogens with zero attached hydrogens (tertiary/aromatic N) is 3. The number of benzene rings is 2. The van der Waals surface area contributed by atoms with Crippen LogP contribution in [0.2, 0.25) is 0 Å². The highest BCUT2D eigenvalue weighted by atomic mass is 32.2. The summed E-state index contributed by atoms with van der Waals surface area (Å²) in [5.74, 6) is 1.46. The maximum atomic E-state index is 12.4. The first kappa shape index (κ1) is 17.9. The Kier molecular flexibility index (Phi) is 5.52. The Labute approximate surface area is 154 Å². The predicted octanol–water partition coefficient (Wildman–Crippen LogP) is 3.12. The van der Waals surface area contributed by atoms with Crippen LogP contribution in [0, 0.1) is 10.1 Å². The van der Waals surface area contributed by atoms with Crippen molar-refractivity contribution >= 4 is 34.4 Å². The molecule has 7 nitrogen and oxygen atoms in total. The van der Waals surface area contributed by atoms with E-state index >= 15 is 0 Å². The van der Waals surface area contributed by atoms with E-state index in [0.717, 1.165) is 28.2 Å². The van der Waals surface area contributed by atoms with Gasteiger partial charge in [-0.2, -0.15) is 11.8 Å². The molecule has 0 aliphatic heterocycles. The first-order chi connectivity index (χ1) is 12.6. The number of nitro groups is 1. The predicted molar refractivity (Wildman–Crippen MR) is 102 cm³/mol. The van der Waals surface area contributed by atoms with Gasteiger partial charge in [-0.1, -0.05) is 24.3 Å². The summed E-state index contributed by atoms with van der Waals surface area (Å²) in [6.45, 7) is 0.505. The van der Waals surface area contributed by atoms with Gasteiger partial charge in [0.2, 0.25) is 5.91 Å². The van der Waals surface area contributed by atoms with Crippen molar-refractivity contribution in [3.05, 3.63) is 70.0 Å². The van der Waals surface area contributed by atoms with Gasteiger partial charge in [0, 0.05) is 18.7 Å². The van der Waals surface area contributed by atoms with Crippen LogP contribution in [-0.2, 0) is 23.6 Å². The molecule has 3 rings (SSSR count). The molecule has 26 heavy (non-hydrogen) atoms. The Morgan fingerprint density at radius 2 is 1.96 bits per heavy atom. The summed E-state index contributed by atoms with van der Waals surface area (Å²) < 4.78 is 1.93. The Morgan fingerprint density at radius 3 is 2.65 bits per heavy atom. The zero-order valence-corrected chi connectivity index (χ0v) is 15.0. The highest BCUT2D eigenvalue weighted by Gasteiger charge is 2.13. The molecule has 2 aromatic carbocycles. The average molecular weight is 370 g/mol. The largest absolute Gasteiger partial charge is 0.350 e. The molecular weight excluding hydrogens is 352 g/mol. The Balaban J connectivity index is 1.69. The highest BCUT2D eigenvalue weighted by molar-refractivity contribution is 7.97. The van der Waals surface area contributed by atoms with Crippen LogP contribution < -0.4 is 5.32 Å². The Bertz CT molecular complexity index is 937. The third-order valence-corrected chi connectivity index (χ3v) is 4.49. The van der Waals surface area contributed by atoms with Crippen LogP contribution in [0.4, 0.5) is 5.69 Å². The van der Waals surface area contributed by atoms with E-state index in [9.17, 15) is 14.9 Å². The second-order valence-corrected chi connectivity index (χ2v) is 6.60. The smallest absolute Gasteiger partial charge is 0.269 e. The van der Waals surface area contributed by atoms with Crippen molar-refractivity contribution in [2.45, 2.75) is 18.8 Å². The van der Waals surface area contributed by atoms with Crippen molar-refractivity contribution < 1.29 is 9.72 Å². The lowest BCUT2D eigenvalue weighted by atomic mass is 10.2. The molecule has 0 saturated carbocycles. The van der Waals surface area contributed by atoms with Gasteiger partial charge in [-0.3, -0.25) is 14.9 Å². The van der Waals surface area contributed by atoms with Crippen molar-refractivity contribution in [2.24, 2.45) is 0 Å². The van der Waals surface area contributed by atoms with E-state index in [1.165, 1.54) is 12.1 Å². The van der Waals surface area contributed by atoms with Gasteiger partial charge in [0.05, 0.1) is 21.7 Å². The molecule has 0 bridgehead atoms. The van der Waals surface area contributed by atoms with Gasteiger partial charge in [-0.25, -0.2) is 4.98 Å². The summed E-state index contributed by atoms with van der Waals surface area (Å²) >= 11 is 1.65. The molecule has 0 saturated heterocycles. The number of para-hydroxylation sites is 2. The molecule has 0 atom stereocenters. The first-order valence-electron chi connectivity index (χ1n) is 8.01. The number of nitro benzene ring substituents is 1. The zero-order valence-electron chi connectivity index (χ0n) is 14.2. The maximum Gasteiger partial charge on any atom is 0.269 e. The van der Waals surface area contributed by atoms with Crippen molar-refractivity contribution in [3.63, 3.8) is 0 Å². The standard InChI is InChI=1S/C18H18N4O3S/c1-26-12-17-20-15-4-2-3-5-16(15)21(17)11-18(23)19-10-13-6-8-14(9-7-13)22(24)25/h2-9H,10-12H2,1H3,(H,19,23). The van der Waals surface area contributed by atoms with Gasteiger partial charge >= 0.3 is 0 Å². The number of carbonyl (C=O) groups is 1. The summed E-state index contributed by atoms with van der Waals surface area (Å²) in [7, 11) is 0. The summed E-state index contributed by atoms with van der Waals surface area (Å²) in [5, 5.41) is 13.5. The van der Waals surface area contributed by atoms with E-state index in [4.69, 9.17) is 0 Å². The van der Waals surface area contributed by atoms with Crippen LogP contribution in [0.3, 0.4) is 0 Å². The number of non-ortho nitro benzene ring substituents is 1. The summed E-state index contributed by atoms with van der Waals surface area (Å²) in [4.78, 5) is 27.2. The number of amides is 1. The van der Waals surface area contributed by atoms with Crippen LogP contribution in [-0.4, -0.2) is 26.6 Å². The van der Waals surface area contributed by atoms with Crippen LogP contribution in [0.25, 0.3) is 11.0 Å². The maximum absolute atomic E-state index is 12.4. The normalized spacial score (nSPS) is 10.8. The molecular formula is C18H18N4O3S. The lowest BCUT2D eigenvalue weighted by Gasteiger charge is -2.09. The van der Waals surface area contributed by atoms with Crippen molar-refractivity contribution in [2.75, 3.05) is 6.26 Å².